The lowest BCUT2D eigenvalue weighted by molar-refractivity contribution is -0.133. The Balaban J connectivity index is 2.53. The Bertz CT molecular complexity index is 228. The average Bonchev–Trinajstić information content (AvgIpc) is 2.30. The largest absolute Gasteiger partial charge is 0.351 e. The summed E-state index contributed by atoms with van der Waals surface area (Å²) in [6.07, 6.45) is 2.16. The van der Waals surface area contributed by atoms with Gasteiger partial charge in [0.25, 0.3) is 0 Å². The van der Waals surface area contributed by atoms with E-state index in [-0.39, 0.29) is 23.1 Å². The minimum absolute atomic E-state index is 0.0988. The molecule has 0 spiro atoms. The first-order valence-corrected chi connectivity index (χ1v) is 4.75. The van der Waals surface area contributed by atoms with Crippen molar-refractivity contribution in [2.45, 2.75) is 45.6 Å². The third-order valence-electron chi connectivity index (χ3n) is 2.12. The van der Waals surface area contributed by atoms with Crippen molar-refractivity contribution in [3.8, 4) is 0 Å². The summed E-state index contributed by atoms with van der Waals surface area (Å²) in [5.41, 5.74) is -0.236. The molecule has 13 heavy (non-hydrogen) atoms. The van der Waals surface area contributed by atoms with Gasteiger partial charge in [0, 0.05) is 12.0 Å². The summed E-state index contributed by atoms with van der Waals surface area (Å²) >= 11 is 0. The predicted molar refractivity (Wildman–Crippen MR) is 50.2 cm³/mol. The minimum atomic E-state index is -0.376. The fourth-order valence-corrected chi connectivity index (χ4v) is 1.55. The van der Waals surface area contributed by atoms with E-state index in [1.165, 1.54) is 0 Å². The number of hydrogen-bond acceptors (Lipinski definition) is 2. The fourth-order valence-electron chi connectivity index (χ4n) is 1.55. The molecule has 0 aromatic heterocycles. The normalized spacial score (nSPS) is 23.3. The first kappa shape index (κ1) is 10.2. The van der Waals surface area contributed by atoms with E-state index in [9.17, 15) is 9.59 Å². The first-order valence-electron chi connectivity index (χ1n) is 4.75. The van der Waals surface area contributed by atoms with Crippen molar-refractivity contribution in [2.24, 2.45) is 5.92 Å². The maximum atomic E-state index is 11.5. The number of Topliss-reactive ketones (excluding diaryl/α,β-unsaturated/α-hetero) is 1. The van der Waals surface area contributed by atoms with Gasteiger partial charge in [-0.1, -0.05) is 0 Å². The molecule has 0 saturated heterocycles. The van der Waals surface area contributed by atoms with E-state index in [1.807, 2.05) is 20.8 Å². The Labute approximate surface area is 78.9 Å². The third-order valence-corrected chi connectivity index (χ3v) is 2.12. The van der Waals surface area contributed by atoms with Gasteiger partial charge in [-0.2, -0.15) is 0 Å². The van der Waals surface area contributed by atoms with E-state index in [1.54, 1.807) is 0 Å². The molecule has 1 amide bonds. The van der Waals surface area contributed by atoms with Gasteiger partial charge in [0.05, 0.1) is 5.92 Å². The number of hydrogen-bond donors (Lipinski definition) is 1. The molecule has 0 bridgehead atoms. The second-order valence-electron chi connectivity index (χ2n) is 4.65. The zero-order valence-corrected chi connectivity index (χ0v) is 8.52. The molecule has 1 aliphatic carbocycles. The Morgan fingerprint density at radius 2 is 2.08 bits per heavy atom. The summed E-state index contributed by atoms with van der Waals surface area (Å²) in [5.74, 6) is -0.379. The van der Waals surface area contributed by atoms with E-state index < -0.39 is 0 Å². The molecular formula is C10H17NO2. The molecule has 3 heteroatoms. The van der Waals surface area contributed by atoms with Crippen LogP contribution in [-0.2, 0) is 9.59 Å². The van der Waals surface area contributed by atoms with Crippen molar-refractivity contribution >= 4 is 11.7 Å². The van der Waals surface area contributed by atoms with Crippen LogP contribution in [0.15, 0.2) is 0 Å². The maximum absolute atomic E-state index is 11.5. The van der Waals surface area contributed by atoms with E-state index in [4.69, 9.17) is 0 Å². The van der Waals surface area contributed by atoms with Crippen LogP contribution in [0.4, 0.5) is 0 Å². The quantitative estimate of drug-likeness (QED) is 0.622. The fraction of sp³-hybridized carbons (Fsp3) is 0.800. The zero-order chi connectivity index (χ0) is 10.1. The van der Waals surface area contributed by atoms with Crippen LogP contribution in [0, 0.1) is 5.92 Å². The highest BCUT2D eigenvalue weighted by atomic mass is 16.2. The molecule has 74 valence electrons. The topological polar surface area (TPSA) is 46.2 Å². The van der Waals surface area contributed by atoms with Gasteiger partial charge in [0.15, 0.2) is 0 Å². The molecule has 1 atom stereocenters. The Morgan fingerprint density at radius 3 is 2.46 bits per heavy atom. The van der Waals surface area contributed by atoms with E-state index >= 15 is 0 Å². The standard InChI is InChI=1S/C10H17NO2/c1-10(2,3)11-9(13)7-5-4-6-8(7)12/h7H,4-6H2,1-3H3,(H,11,13)/t7-/m0/s1. The number of nitrogens with one attached hydrogen (secondary N) is 1. The molecule has 1 rings (SSSR count). The van der Waals surface area contributed by atoms with E-state index in [0.717, 1.165) is 12.8 Å². The summed E-state index contributed by atoms with van der Waals surface area (Å²) in [5, 5.41) is 2.83. The highest BCUT2D eigenvalue weighted by molar-refractivity contribution is 6.02. The van der Waals surface area contributed by atoms with Crippen molar-refractivity contribution in [1.82, 2.24) is 5.32 Å². The lowest BCUT2D eigenvalue weighted by Crippen LogP contribution is -2.44. The van der Waals surface area contributed by atoms with Crippen molar-refractivity contribution in [3.63, 3.8) is 0 Å². The molecule has 1 aliphatic rings. The van der Waals surface area contributed by atoms with Crippen LogP contribution >= 0.6 is 0 Å². The lowest BCUT2D eigenvalue weighted by Gasteiger charge is -2.22. The van der Waals surface area contributed by atoms with Crippen LogP contribution in [0.5, 0.6) is 0 Å². The summed E-state index contributed by atoms with van der Waals surface area (Å²) < 4.78 is 0. The van der Waals surface area contributed by atoms with Crippen LogP contribution in [0.1, 0.15) is 40.0 Å². The molecular weight excluding hydrogens is 166 g/mol. The number of amides is 1. The lowest BCUT2D eigenvalue weighted by atomic mass is 10.0. The highest BCUT2D eigenvalue weighted by Crippen LogP contribution is 2.21. The molecule has 0 heterocycles. The molecule has 3 nitrogen and oxygen atoms in total. The first-order chi connectivity index (χ1) is 5.90. The molecule has 0 unspecified atom stereocenters. The van der Waals surface area contributed by atoms with Gasteiger partial charge in [0.2, 0.25) is 5.91 Å². The monoisotopic (exact) mass is 183 g/mol. The van der Waals surface area contributed by atoms with Crippen LogP contribution < -0.4 is 5.32 Å². The number of carbonyl (C=O) groups excluding carboxylic acids is 2. The highest BCUT2D eigenvalue weighted by Gasteiger charge is 2.32. The Hall–Kier alpha value is -0.860. The summed E-state index contributed by atoms with van der Waals surface area (Å²) in [4.78, 5) is 22.8. The van der Waals surface area contributed by atoms with Crippen molar-refractivity contribution in [2.75, 3.05) is 0 Å². The molecule has 0 aromatic rings. The zero-order valence-electron chi connectivity index (χ0n) is 8.52. The average molecular weight is 183 g/mol. The molecule has 0 aliphatic heterocycles. The SMILES string of the molecule is CC(C)(C)NC(=O)[C@H]1CCCC1=O. The second-order valence-corrected chi connectivity index (χ2v) is 4.65. The Kier molecular flexibility index (Phi) is 2.74. The molecule has 1 saturated carbocycles. The molecule has 0 aromatic carbocycles. The maximum Gasteiger partial charge on any atom is 0.230 e. The summed E-state index contributed by atoms with van der Waals surface area (Å²) in [6, 6.07) is 0. The van der Waals surface area contributed by atoms with Crippen molar-refractivity contribution in [3.05, 3.63) is 0 Å². The van der Waals surface area contributed by atoms with Gasteiger partial charge in [-0.3, -0.25) is 9.59 Å². The van der Waals surface area contributed by atoms with Gasteiger partial charge < -0.3 is 5.32 Å². The van der Waals surface area contributed by atoms with Crippen LogP contribution in [0.3, 0.4) is 0 Å². The van der Waals surface area contributed by atoms with Crippen LogP contribution in [0.25, 0.3) is 0 Å². The van der Waals surface area contributed by atoms with Gasteiger partial charge in [-0.25, -0.2) is 0 Å². The second kappa shape index (κ2) is 3.48. The number of carbonyl (C=O) groups is 2. The minimum Gasteiger partial charge on any atom is -0.351 e. The summed E-state index contributed by atoms with van der Waals surface area (Å²) in [6.45, 7) is 5.76. The number of rotatable bonds is 1. The van der Waals surface area contributed by atoms with Crippen LogP contribution in [0.2, 0.25) is 0 Å². The van der Waals surface area contributed by atoms with Gasteiger partial charge in [-0.15, -0.1) is 0 Å². The molecule has 1 N–H and O–H groups in total. The van der Waals surface area contributed by atoms with E-state index in [2.05, 4.69) is 5.32 Å². The van der Waals surface area contributed by atoms with Crippen molar-refractivity contribution < 1.29 is 9.59 Å². The molecule has 0 radical (unpaired) electrons. The Morgan fingerprint density at radius 1 is 1.46 bits per heavy atom. The van der Waals surface area contributed by atoms with Gasteiger partial charge in [0.1, 0.15) is 5.78 Å². The van der Waals surface area contributed by atoms with Gasteiger partial charge >= 0.3 is 0 Å². The predicted octanol–water partition coefficient (Wildman–Crippen LogP) is 1.27. The van der Waals surface area contributed by atoms with E-state index in [0.29, 0.717) is 6.42 Å². The third kappa shape index (κ3) is 2.83. The van der Waals surface area contributed by atoms with Crippen LogP contribution in [-0.4, -0.2) is 17.2 Å². The smallest absolute Gasteiger partial charge is 0.230 e. The number of ketones is 1. The summed E-state index contributed by atoms with van der Waals surface area (Å²) in [7, 11) is 0. The van der Waals surface area contributed by atoms with Crippen molar-refractivity contribution in [1.29, 1.82) is 0 Å². The van der Waals surface area contributed by atoms with Gasteiger partial charge in [-0.05, 0) is 33.6 Å². The molecule has 1 fully saturated rings.